The van der Waals surface area contributed by atoms with Crippen LogP contribution in [0.15, 0.2) is 32.9 Å². The Morgan fingerprint density at radius 2 is 1.68 bits per heavy atom. The first-order valence-corrected chi connectivity index (χ1v) is 9.84. The number of sulfone groups is 1. The highest BCUT2D eigenvalue weighted by Gasteiger charge is 2.27. The summed E-state index contributed by atoms with van der Waals surface area (Å²) < 4.78 is 39.9. The molecule has 0 fully saturated rings. The monoisotopic (exact) mass is 408 g/mol. The molecular weight excluding hydrogens is 388 g/mol. The molecule has 10 nitrogen and oxygen atoms in total. The van der Waals surface area contributed by atoms with Crippen molar-refractivity contribution in [3.05, 3.63) is 44.6 Å². The molecule has 0 radical (unpaired) electrons. The first kappa shape index (κ1) is 19.7. The van der Waals surface area contributed by atoms with Gasteiger partial charge in [-0.25, -0.2) is 13.2 Å². The van der Waals surface area contributed by atoms with E-state index in [1.807, 2.05) is 0 Å². The average Bonchev–Trinajstić information content (AvgIpc) is 3.02. The standard InChI is InChI=1S/C17H20N4O6S/c1-19-12-14(20(2)17(23)21(3)15(12)22)18-16(19)28(24,25)9-10-7-6-8-11(26-4)13(10)27-5/h6-8H,9H2,1-5H3. The number of aryl methyl sites for hydroxylation is 2. The summed E-state index contributed by atoms with van der Waals surface area (Å²) >= 11 is 0. The van der Waals surface area contributed by atoms with Crippen LogP contribution < -0.4 is 20.7 Å². The molecule has 0 unspecified atom stereocenters. The second-order valence-electron chi connectivity index (χ2n) is 6.24. The van der Waals surface area contributed by atoms with Crippen molar-refractivity contribution in [2.45, 2.75) is 10.9 Å². The first-order valence-electron chi connectivity index (χ1n) is 8.19. The third kappa shape index (κ3) is 2.87. The minimum Gasteiger partial charge on any atom is -0.493 e. The van der Waals surface area contributed by atoms with Gasteiger partial charge in [-0.3, -0.25) is 13.9 Å². The number of nitrogens with zero attached hydrogens (tertiary/aromatic N) is 4. The minimum atomic E-state index is -3.97. The molecule has 0 bridgehead atoms. The third-order valence-corrected chi connectivity index (χ3v) is 6.16. The van der Waals surface area contributed by atoms with Gasteiger partial charge in [0, 0.05) is 26.7 Å². The van der Waals surface area contributed by atoms with Crippen molar-refractivity contribution in [2.75, 3.05) is 14.2 Å². The number of para-hydroxylation sites is 1. The average molecular weight is 408 g/mol. The van der Waals surface area contributed by atoms with Crippen molar-refractivity contribution in [1.82, 2.24) is 18.7 Å². The van der Waals surface area contributed by atoms with E-state index < -0.39 is 26.8 Å². The molecule has 0 saturated carbocycles. The van der Waals surface area contributed by atoms with Gasteiger partial charge in [-0.15, -0.1) is 0 Å². The van der Waals surface area contributed by atoms with E-state index in [4.69, 9.17) is 9.47 Å². The highest BCUT2D eigenvalue weighted by molar-refractivity contribution is 7.90. The van der Waals surface area contributed by atoms with Gasteiger partial charge in [0.2, 0.25) is 15.0 Å². The van der Waals surface area contributed by atoms with E-state index in [1.54, 1.807) is 18.2 Å². The summed E-state index contributed by atoms with van der Waals surface area (Å²) in [6.45, 7) is 0. The predicted molar refractivity (Wildman–Crippen MR) is 102 cm³/mol. The number of hydrogen-bond acceptors (Lipinski definition) is 7. The van der Waals surface area contributed by atoms with Crippen LogP contribution in [-0.2, 0) is 36.7 Å². The molecule has 0 amide bonds. The maximum absolute atomic E-state index is 13.1. The van der Waals surface area contributed by atoms with Crippen molar-refractivity contribution >= 4 is 21.0 Å². The van der Waals surface area contributed by atoms with Gasteiger partial charge >= 0.3 is 5.69 Å². The molecule has 0 atom stereocenters. The Hall–Kier alpha value is -3.08. The van der Waals surface area contributed by atoms with Crippen LogP contribution in [0.3, 0.4) is 0 Å². The van der Waals surface area contributed by atoms with Crippen LogP contribution >= 0.6 is 0 Å². The summed E-state index contributed by atoms with van der Waals surface area (Å²) in [4.78, 5) is 28.7. The van der Waals surface area contributed by atoms with Gasteiger partial charge in [0.15, 0.2) is 22.7 Å². The van der Waals surface area contributed by atoms with Gasteiger partial charge in [0.25, 0.3) is 5.56 Å². The van der Waals surface area contributed by atoms with Crippen LogP contribution in [0.25, 0.3) is 11.2 Å². The van der Waals surface area contributed by atoms with Gasteiger partial charge in [-0.05, 0) is 6.07 Å². The Morgan fingerprint density at radius 1 is 1.00 bits per heavy atom. The normalized spacial score (nSPS) is 11.8. The molecule has 3 rings (SSSR count). The maximum atomic E-state index is 13.1. The molecule has 150 valence electrons. The van der Waals surface area contributed by atoms with E-state index in [0.717, 1.165) is 9.13 Å². The van der Waals surface area contributed by atoms with Crippen molar-refractivity contribution in [2.24, 2.45) is 21.1 Å². The molecule has 0 aliphatic rings. The van der Waals surface area contributed by atoms with Gasteiger partial charge in [-0.2, -0.15) is 4.98 Å². The molecule has 28 heavy (non-hydrogen) atoms. The topological polar surface area (TPSA) is 114 Å². The first-order chi connectivity index (χ1) is 13.1. The molecule has 2 heterocycles. The van der Waals surface area contributed by atoms with Crippen LogP contribution in [0, 0.1) is 0 Å². The second-order valence-corrected chi connectivity index (χ2v) is 8.13. The highest BCUT2D eigenvalue weighted by atomic mass is 32.2. The SMILES string of the molecule is COc1cccc(CS(=O)(=O)c2nc3c(c(=O)n(C)c(=O)n3C)n2C)c1OC. The van der Waals surface area contributed by atoms with Crippen molar-refractivity contribution < 1.29 is 17.9 Å². The number of imidazole rings is 1. The predicted octanol–water partition coefficient (Wildman–Crippen LogP) is -0.0382. The van der Waals surface area contributed by atoms with Crippen LogP contribution in [0.2, 0.25) is 0 Å². The van der Waals surface area contributed by atoms with E-state index in [9.17, 15) is 18.0 Å². The lowest BCUT2D eigenvalue weighted by Crippen LogP contribution is -2.37. The largest absolute Gasteiger partial charge is 0.493 e. The molecule has 3 aromatic rings. The quantitative estimate of drug-likeness (QED) is 0.582. The lowest BCUT2D eigenvalue weighted by molar-refractivity contribution is 0.352. The number of benzene rings is 1. The lowest BCUT2D eigenvalue weighted by atomic mass is 10.2. The maximum Gasteiger partial charge on any atom is 0.332 e. The number of ether oxygens (including phenoxy) is 2. The van der Waals surface area contributed by atoms with Crippen LogP contribution in [0.4, 0.5) is 0 Å². The Morgan fingerprint density at radius 3 is 2.29 bits per heavy atom. The van der Waals surface area contributed by atoms with Crippen LogP contribution in [0.1, 0.15) is 5.56 Å². The fourth-order valence-corrected chi connectivity index (χ4v) is 4.61. The van der Waals surface area contributed by atoms with Crippen molar-refractivity contribution in [3.63, 3.8) is 0 Å². The zero-order valence-electron chi connectivity index (χ0n) is 16.1. The molecule has 11 heteroatoms. The van der Waals surface area contributed by atoms with Gasteiger partial charge in [0.1, 0.15) is 0 Å². The van der Waals surface area contributed by atoms with Crippen LogP contribution in [0.5, 0.6) is 11.5 Å². The Balaban J connectivity index is 2.22. The Labute approximate surface area is 160 Å². The number of methoxy groups -OCH3 is 2. The number of rotatable bonds is 5. The summed E-state index contributed by atoms with van der Waals surface area (Å²) in [5, 5.41) is -0.314. The highest BCUT2D eigenvalue weighted by Crippen LogP contribution is 2.33. The van der Waals surface area contributed by atoms with E-state index in [-0.39, 0.29) is 16.3 Å². The van der Waals surface area contributed by atoms with Gasteiger partial charge < -0.3 is 14.0 Å². The fourth-order valence-electron chi connectivity index (χ4n) is 3.11. The molecule has 2 aromatic heterocycles. The second kappa shape index (κ2) is 6.82. The summed E-state index contributed by atoms with van der Waals surface area (Å²) in [5.41, 5.74) is -0.786. The van der Waals surface area contributed by atoms with E-state index in [1.165, 1.54) is 39.9 Å². The Kier molecular flexibility index (Phi) is 4.79. The Bertz CT molecular complexity index is 1300. The molecular formula is C17H20N4O6S. The van der Waals surface area contributed by atoms with Crippen molar-refractivity contribution in [3.8, 4) is 11.5 Å². The number of fused-ring (bicyclic) bond motifs is 1. The van der Waals surface area contributed by atoms with Crippen LogP contribution in [-0.4, -0.2) is 41.3 Å². The zero-order valence-corrected chi connectivity index (χ0v) is 16.9. The van der Waals surface area contributed by atoms with Crippen molar-refractivity contribution in [1.29, 1.82) is 0 Å². The smallest absolute Gasteiger partial charge is 0.332 e. The van der Waals surface area contributed by atoms with E-state index >= 15 is 0 Å². The molecule has 0 aliphatic heterocycles. The van der Waals surface area contributed by atoms with E-state index in [0.29, 0.717) is 17.1 Å². The fraction of sp³-hybridized carbons (Fsp3) is 0.353. The van der Waals surface area contributed by atoms with E-state index in [2.05, 4.69) is 4.98 Å². The summed E-state index contributed by atoms with van der Waals surface area (Å²) in [6.07, 6.45) is 0. The third-order valence-electron chi connectivity index (χ3n) is 4.54. The lowest BCUT2D eigenvalue weighted by Gasteiger charge is -2.12. The summed E-state index contributed by atoms with van der Waals surface area (Å²) in [7, 11) is 3.09. The molecule has 0 N–H and O–H groups in total. The molecule has 1 aromatic carbocycles. The number of aromatic nitrogens is 4. The summed E-state index contributed by atoms with van der Waals surface area (Å²) in [5.74, 6) is 0.283. The van der Waals surface area contributed by atoms with Gasteiger partial charge in [-0.1, -0.05) is 12.1 Å². The molecule has 0 aliphatic carbocycles. The zero-order chi connectivity index (χ0) is 20.8. The number of hydrogen-bond donors (Lipinski definition) is 0. The van der Waals surface area contributed by atoms with Gasteiger partial charge in [0.05, 0.1) is 20.0 Å². The molecule has 0 saturated heterocycles. The summed E-state index contributed by atoms with van der Waals surface area (Å²) in [6, 6.07) is 4.92. The minimum absolute atomic E-state index is 0.00628. The molecule has 0 spiro atoms.